The van der Waals surface area contributed by atoms with Crippen LogP contribution in [0.15, 0.2) is 71.8 Å². The number of likely N-dealkylation sites (tertiary alicyclic amines) is 1. The molecule has 1 aliphatic heterocycles. The molecule has 7 rings (SSSR count). The van der Waals surface area contributed by atoms with Crippen molar-refractivity contribution >= 4 is 23.1 Å². The van der Waals surface area contributed by atoms with Gasteiger partial charge < -0.3 is 16.4 Å². The monoisotopic (exact) mass is 616 g/mol. The van der Waals surface area contributed by atoms with E-state index in [0.29, 0.717) is 41.4 Å². The van der Waals surface area contributed by atoms with E-state index >= 15 is 0 Å². The molecule has 46 heavy (non-hydrogen) atoms. The summed E-state index contributed by atoms with van der Waals surface area (Å²) in [6.45, 7) is 5.26. The second kappa shape index (κ2) is 11.6. The molecule has 4 N–H and O–H groups in total. The zero-order valence-corrected chi connectivity index (χ0v) is 25.9. The van der Waals surface area contributed by atoms with Crippen molar-refractivity contribution in [2.45, 2.75) is 51.4 Å². The van der Waals surface area contributed by atoms with E-state index in [1.54, 1.807) is 12.1 Å². The Hall–Kier alpha value is -5.32. The number of primary amides is 1. The molecule has 1 aliphatic carbocycles. The van der Waals surface area contributed by atoms with Gasteiger partial charge in [0.05, 0.1) is 11.4 Å². The van der Waals surface area contributed by atoms with Gasteiger partial charge in [-0.1, -0.05) is 56.3 Å². The number of anilines is 1. The van der Waals surface area contributed by atoms with Crippen LogP contribution in [0, 0.1) is 5.92 Å². The number of rotatable bonds is 7. The van der Waals surface area contributed by atoms with E-state index in [1.165, 1.54) is 11.0 Å². The number of amides is 2. The minimum absolute atomic E-state index is 0.0243. The van der Waals surface area contributed by atoms with Gasteiger partial charge in [0, 0.05) is 47.7 Å². The lowest BCUT2D eigenvalue weighted by atomic mass is 9.92. The van der Waals surface area contributed by atoms with E-state index in [-0.39, 0.29) is 29.2 Å². The number of hydrogen-bond acceptors (Lipinski definition) is 7. The number of aromatic nitrogens is 5. The molecule has 2 aromatic carbocycles. The van der Waals surface area contributed by atoms with E-state index in [9.17, 15) is 14.4 Å². The summed E-state index contributed by atoms with van der Waals surface area (Å²) in [7, 11) is 0. The van der Waals surface area contributed by atoms with E-state index in [1.807, 2.05) is 65.7 Å². The van der Waals surface area contributed by atoms with Crippen LogP contribution in [0.4, 0.5) is 5.82 Å². The molecule has 5 aromatic rings. The van der Waals surface area contributed by atoms with Crippen molar-refractivity contribution in [1.29, 1.82) is 0 Å². The number of nitrogens with zero attached hydrogens (tertiary/aromatic N) is 6. The summed E-state index contributed by atoms with van der Waals surface area (Å²) in [4.78, 5) is 45.3. The van der Waals surface area contributed by atoms with Gasteiger partial charge in [0.1, 0.15) is 17.4 Å². The molecule has 1 saturated carbocycles. The maximum Gasteiger partial charge on any atom is 0.284 e. The van der Waals surface area contributed by atoms with Crippen molar-refractivity contribution in [1.82, 2.24) is 29.3 Å². The van der Waals surface area contributed by atoms with Gasteiger partial charge in [0.2, 0.25) is 5.91 Å². The fourth-order valence-corrected chi connectivity index (χ4v) is 6.63. The van der Waals surface area contributed by atoms with E-state index in [2.05, 4.69) is 16.1 Å². The number of benzene rings is 2. The van der Waals surface area contributed by atoms with Crippen LogP contribution in [-0.4, -0.2) is 54.2 Å². The fraction of sp³-hybridized carbons (Fsp3) is 0.314. The first kappa shape index (κ1) is 29.4. The third-order valence-corrected chi connectivity index (χ3v) is 9.14. The van der Waals surface area contributed by atoms with Crippen LogP contribution in [0.5, 0.6) is 0 Å². The highest BCUT2D eigenvalue weighted by molar-refractivity contribution is 6.00. The van der Waals surface area contributed by atoms with Crippen LogP contribution < -0.4 is 17.0 Å². The average molecular weight is 617 g/mol. The zero-order valence-electron chi connectivity index (χ0n) is 25.9. The highest BCUT2D eigenvalue weighted by atomic mass is 16.2. The smallest absolute Gasteiger partial charge is 0.284 e. The van der Waals surface area contributed by atoms with Gasteiger partial charge in [-0.2, -0.15) is 14.9 Å². The first-order valence-corrected chi connectivity index (χ1v) is 15.8. The zero-order chi connectivity index (χ0) is 32.1. The SMILES string of the molecule is CC(C)C(=O)N1CCC(c2cc(-c3ccc(-c4c(C5CC5)nn(-c5ccccc5)c(=O)c4C(N)=O)cc3)c3c(N)ncnn23)CC1. The average Bonchev–Trinajstić information content (AvgIpc) is 3.84. The van der Waals surface area contributed by atoms with E-state index < -0.39 is 11.5 Å². The number of piperidine rings is 1. The predicted molar refractivity (Wildman–Crippen MR) is 176 cm³/mol. The summed E-state index contributed by atoms with van der Waals surface area (Å²) >= 11 is 0. The summed E-state index contributed by atoms with van der Waals surface area (Å²) in [5.41, 5.74) is 17.7. The Bertz CT molecular complexity index is 2020. The highest BCUT2D eigenvalue weighted by Gasteiger charge is 2.34. The summed E-state index contributed by atoms with van der Waals surface area (Å²) in [6, 6.07) is 18.9. The molecule has 2 aliphatic rings. The molecule has 1 saturated heterocycles. The lowest BCUT2D eigenvalue weighted by Gasteiger charge is -2.33. The van der Waals surface area contributed by atoms with Gasteiger partial charge >= 0.3 is 0 Å². The van der Waals surface area contributed by atoms with Crippen molar-refractivity contribution < 1.29 is 9.59 Å². The molecule has 11 heteroatoms. The molecular weight excluding hydrogens is 580 g/mol. The molecule has 4 heterocycles. The Kier molecular flexibility index (Phi) is 7.38. The lowest BCUT2D eigenvalue weighted by molar-refractivity contribution is -0.135. The van der Waals surface area contributed by atoms with Crippen LogP contribution in [0.1, 0.15) is 73.1 Å². The molecule has 0 spiro atoms. The largest absolute Gasteiger partial charge is 0.382 e. The van der Waals surface area contributed by atoms with E-state index in [0.717, 1.165) is 48.0 Å². The van der Waals surface area contributed by atoms with Gasteiger partial charge in [-0.05, 0) is 55.0 Å². The summed E-state index contributed by atoms with van der Waals surface area (Å²) in [6.07, 6.45) is 4.97. The van der Waals surface area contributed by atoms with Crippen LogP contribution in [0.3, 0.4) is 0 Å². The van der Waals surface area contributed by atoms with Crippen molar-refractivity contribution in [3.63, 3.8) is 0 Å². The van der Waals surface area contributed by atoms with Gasteiger partial charge in [-0.15, -0.1) is 0 Å². The number of carbonyl (C=O) groups excluding carboxylic acids is 2. The first-order valence-electron chi connectivity index (χ1n) is 15.8. The molecule has 2 amide bonds. The molecule has 0 atom stereocenters. The van der Waals surface area contributed by atoms with Crippen molar-refractivity contribution in [3.05, 3.63) is 94.3 Å². The first-order chi connectivity index (χ1) is 22.2. The normalized spacial score (nSPS) is 15.5. The summed E-state index contributed by atoms with van der Waals surface area (Å²) < 4.78 is 3.16. The molecule has 234 valence electrons. The molecule has 0 bridgehead atoms. The van der Waals surface area contributed by atoms with Gasteiger partial charge in [0.15, 0.2) is 5.82 Å². The highest BCUT2D eigenvalue weighted by Crippen LogP contribution is 2.44. The van der Waals surface area contributed by atoms with Crippen LogP contribution >= 0.6 is 0 Å². The Morgan fingerprint density at radius 1 is 0.913 bits per heavy atom. The number of para-hydroxylation sites is 1. The third-order valence-electron chi connectivity index (χ3n) is 9.14. The minimum atomic E-state index is -0.785. The molecule has 11 nitrogen and oxygen atoms in total. The Morgan fingerprint density at radius 2 is 1.59 bits per heavy atom. The standard InChI is InChI=1S/C35H36N8O3/c1-20(2)34(45)41-16-14-22(15-17-41)27-18-26(31-32(36)38-19-39-43(27)31)21-8-10-23(11-9-21)28-29(33(37)44)35(46)42(25-6-4-3-5-7-25)40-30(28)24-12-13-24/h3-11,18-20,22,24H,12-17H2,1-2H3,(H2,37,44)(H2,36,38,39). The molecule has 0 radical (unpaired) electrons. The molecular formula is C35H36N8O3. The number of fused-ring (bicyclic) bond motifs is 1. The maximum absolute atomic E-state index is 13.7. The van der Waals surface area contributed by atoms with E-state index in [4.69, 9.17) is 16.6 Å². The fourth-order valence-electron chi connectivity index (χ4n) is 6.63. The van der Waals surface area contributed by atoms with Crippen molar-refractivity contribution in [2.75, 3.05) is 18.8 Å². The van der Waals surface area contributed by atoms with Gasteiger partial charge in [-0.25, -0.2) is 9.50 Å². The number of hydrogen-bond donors (Lipinski definition) is 2. The third kappa shape index (κ3) is 5.11. The molecule has 2 fully saturated rings. The molecule has 0 unspecified atom stereocenters. The lowest BCUT2D eigenvalue weighted by Crippen LogP contribution is -2.40. The Labute approximate surface area is 265 Å². The van der Waals surface area contributed by atoms with Gasteiger partial charge in [-0.3, -0.25) is 14.4 Å². The summed E-state index contributed by atoms with van der Waals surface area (Å²) in [5, 5.41) is 9.34. The number of carbonyl (C=O) groups is 2. The van der Waals surface area contributed by atoms with Crippen LogP contribution in [0.25, 0.3) is 33.5 Å². The maximum atomic E-state index is 13.7. The van der Waals surface area contributed by atoms with Crippen LogP contribution in [0.2, 0.25) is 0 Å². The topological polar surface area (TPSA) is 154 Å². The number of nitrogen functional groups attached to an aromatic ring is 1. The van der Waals surface area contributed by atoms with Crippen LogP contribution in [-0.2, 0) is 4.79 Å². The summed E-state index contributed by atoms with van der Waals surface area (Å²) in [5.74, 6) is 0.0835. The second-order valence-electron chi connectivity index (χ2n) is 12.5. The van der Waals surface area contributed by atoms with Crippen molar-refractivity contribution in [2.24, 2.45) is 11.7 Å². The Morgan fingerprint density at radius 3 is 2.22 bits per heavy atom. The number of nitrogens with two attached hydrogens (primary N) is 2. The predicted octanol–water partition coefficient (Wildman–Crippen LogP) is 4.53. The minimum Gasteiger partial charge on any atom is -0.382 e. The van der Waals surface area contributed by atoms with Crippen molar-refractivity contribution in [3.8, 4) is 27.9 Å². The molecule has 3 aromatic heterocycles. The second-order valence-corrected chi connectivity index (χ2v) is 12.5. The quantitative estimate of drug-likeness (QED) is 0.272. The Balaban J connectivity index is 1.28. The van der Waals surface area contributed by atoms with Gasteiger partial charge in [0.25, 0.3) is 11.5 Å².